The lowest BCUT2D eigenvalue weighted by Crippen LogP contribution is -2.47. The van der Waals surface area contributed by atoms with Crippen molar-refractivity contribution in [3.63, 3.8) is 0 Å². The van der Waals surface area contributed by atoms with Gasteiger partial charge in [-0.2, -0.15) is 0 Å². The van der Waals surface area contributed by atoms with E-state index in [4.69, 9.17) is 5.11 Å². The maximum atomic E-state index is 11.5. The number of rotatable bonds is 8. The summed E-state index contributed by atoms with van der Waals surface area (Å²) in [6.07, 6.45) is 1.63. The minimum atomic E-state index is -1.35. The van der Waals surface area contributed by atoms with Gasteiger partial charge in [-0.25, -0.2) is 9.59 Å². The number of hydrogen-bond donors (Lipinski definition) is 3. The van der Waals surface area contributed by atoms with Gasteiger partial charge in [-0.1, -0.05) is 6.92 Å². The lowest BCUT2D eigenvalue weighted by Gasteiger charge is -2.14. The molecular formula is C11H20N2O6S. The average Bonchev–Trinajstić information content (AvgIpc) is 2.37. The molecule has 0 aliphatic rings. The first kappa shape index (κ1) is 18.4. The van der Waals surface area contributed by atoms with E-state index in [2.05, 4.69) is 15.4 Å². The van der Waals surface area contributed by atoms with Crippen LogP contribution in [-0.4, -0.2) is 58.5 Å². The highest BCUT2D eigenvalue weighted by atomic mass is 32.2. The van der Waals surface area contributed by atoms with Gasteiger partial charge >= 0.3 is 18.0 Å². The summed E-state index contributed by atoms with van der Waals surface area (Å²) in [4.78, 5) is 33.3. The second-order valence-electron chi connectivity index (χ2n) is 4.17. The summed E-state index contributed by atoms with van der Waals surface area (Å²) >= 11 is 0. The average molecular weight is 308 g/mol. The van der Waals surface area contributed by atoms with Gasteiger partial charge in [0.15, 0.2) is 0 Å². The quantitative estimate of drug-likeness (QED) is 0.518. The fourth-order valence-corrected chi connectivity index (χ4v) is 1.66. The molecule has 2 unspecified atom stereocenters. The molecule has 8 nitrogen and oxygen atoms in total. The number of carboxylic acid groups (broad SMARTS) is 1. The zero-order chi connectivity index (χ0) is 15.7. The molecule has 0 aliphatic heterocycles. The van der Waals surface area contributed by atoms with E-state index < -0.39 is 41.2 Å². The van der Waals surface area contributed by atoms with Crippen LogP contribution in [0.5, 0.6) is 0 Å². The van der Waals surface area contributed by atoms with Crippen LogP contribution in [0.2, 0.25) is 0 Å². The Morgan fingerprint density at radius 3 is 2.40 bits per heavy atom. The number of carbonyl (C=O) groups excluding carboxylic acids is 2. The van der Waals surface area contributed by atoms with Crippen molar-refractivity contribution < 1.29 is 28.4 Å². The standard InChI is InChI=1S/C11H20N2O6S/c1-7(20(3)18)4-5-12-11(17)13-8(10(15)16)6-9(14)19-2/h7-8H,4-6H2,1-3H3,(H,15,16)(H2,12,13,17)/t7?,8-,20?/m0/s1. The molecule has 3 N–H and O–H groups in total. The van der Waals surface area contributed by atoms with Crippen LogP contribution in [0.15, 0.2) is 0 Å². The molecule has 9 heteroatoms. The van der Waals surface area contributed by atoms with Crippen molar-refractivity contribution in [2.24, 2.45) is 0 Å². The summed E-state index contributed by atoms with van der Waals surface area (Å²) in [5.41, 5.74) is 0. The van der Waals surface area contributed by atoms with Gasteiger partial charge in [-0.15, -0.1) is 0 Å². The van der Waals surface area contributed by atoms with Crippen molar-refractivity contribution in [3.8, 4) is 0 Å². The number of carboxylic acids is 1. The highest BCUT2D eigenvalue weighted by Gasteiger charge is 2.23. The molecule has 0 spiro atoms. The van der Waals surface area contributed by atoms with E-state index in [1.807, 2.05) is 0 Å². The maximum Gasteiger partial charge on any atom is 0.326 e. The van der Waals surface area contributed by atoms with Gasteiger partial charge in [-0.05, 0) is 6.42 Å². The van der Waals surface area contributed by atoms with Crippen LogP contribution in [0.1, 0.15) is 19.8 Å². The van der Waals surface area contributed by atoms with E-state index in [1.165, 1.54) is 0 Å². The van der Waals surface area contributed by atoms with Crippen molar-refractivity contribution in [1.29, 1.82) is 0 Å². The Morgan fingerprint density at radius 2 is 1.95 bits per heavy atom. The van der Waals surface area contributed by atoms with E-state index in [9.17, 15) is 18.6 Å². The van der Waals surface area contributed by atoms with Gasteiger partial charge in [-0.3, -0.25) is 9.00 Å². The Balaban J connectivity index is 4.17. The summed E-state index contributed by atoms with van der Waals surface area (Å²) in [5, 5.41) is 13.4. The lowest BCUT2D eigenvalue weighted by molar-refractivity contribution is -0.147. The van der Waals surface area contributed by atoms with Crippen LogP contribution >= 0.6 is 0 Å². The van der Waals surface area contributed by atoms with Gasteiger partial charge in [0.1, 0.15) is 6.04 Å². The molecule has 0 fully saturated rings. The Labute approximate surface area is 119 Å². The smallest absolute Gasteiger partial charge is 0.326 e. The number of nitrogens with one attached hydrogen (secondary N) is 2. The zero-order valence-electron chi connectivity index (χ0n) is 11.7. The van der Waals surface area contributed by atoms with Gasteiger partial charge in [0.25, 0.3) is 0 Å². The summed E-state index contributed by atoms with van der Waals surface area (Å²) in [6.45, 7) is 2.05. The molecule has 20 heavy (non-hydrogen) atoms. The van der Waals surface area contributed by atoms with E-state index in [0.717, 1.165) is 7.11 Å². The first-order chi connectivity index (χ1) is 9.27. The van der Waals surface area contributed by atoms with Gasteiger partial charge < -0.3 is 20.5 Å². The van der Waals surface area contributed by atoms with Crippen LogP contribution in [0.3, 0.4) is 0 Å². The van der Waals surface area contributed by atoms with Gasteiger partial charge in [0, 0.05) is 28.9 Å². The molecule has 0 aliphatic carbocycles. The highest BCUT2D eigenvalue weighted by Crippen LogP contribution is 1.98. The molecular weight excluding hydrogens is 288 g/mol. The highest BCUT2D eigenvalue weighted by molar-refractivity contribution is 7.84. The molecule has 0 saturated carbocycles. The number of aliphatic carboxylic acids is 1. The summed E-state index contributed by atoms with van der Waals surface area (Å²) < 4.78 is 15.4. The van der Waals surface area contributed by atoms with Crippen molar-refractivity contribution >= 4 is 28.8 Å². The molecule has 0 saturated heterocycles. The predicted molar refractivity (Wildman–Crippen MR) is 72.7 cm³/mol. The molecule has 116 valence electrons. The van der Waals surface area contributed by atoms with Gasteiger partial charge in [0.2, 0.25) is 0 Å². The van der Waals surface area contributed by atoms with Crippen molar-refractivity contribution in [2.75, 3.05) is 19.9 Å². The van der Waals surface area contributed by atoms with E-state index >= 15 is 0 Å². The summed E-state index contributed by atoms with van der Waals surface area (Å²) in [5.74, 6) is -2.05. The van der Waals surface area contributed by atoms with Crippen LogP contribution in [0.4, 0.5) is 4.79 Å². The normalized spacial score (nSPS) is 14.8. The van der Waals surface area contributed by atoms with E-state index in [0.29, 0.717) is 6.42 Å². The third kappa shape index (κ3) is 7.72. The number of hydrogen-bond acceptors (Lipinski definition) is 5. The number of esters is 1. The number of methoxy groups -OCH3 is 1. The molecule has 0 radical (unpaired) electrons. The fourth-order valence-electron chi connectivity index (χ4n) is 1.21. The molecule has 0 heterocycles. The largest absolute Gasteiger partial charge is 0.480 e. The van der Waals surface area contributed by atoms with Crippen LogP contribution in [-0.2, 0) is 25.1 Å². The molecule has 3 atom stereocenters. The molecule has 0 bridgehead atoms. The number of amides is 2. The SMILES string of the molecule is COC(=O)C[C@H](NC(=O)NCCC(C)S(C)=O)C(=O)O. The van der Waals surface area contributed by atoms with Crippen molar-refractivity contribution in [3.05, 3.63) is 0 Å². The van der Waals surface area contributed by atoms with E-state index in [-0.39, 0.29) is 11.8 Å². The maximum absolute atomic E-state index is 11.5. The second-order valence-corrected chi connectivity index (χ2v) is 5.97. The number of ether oxygens (including phenoxy) is 1. The Hall–Kier alpha value is -1.64. The van der Waals surface area contributed by atoms with E-state index in [1.54, 1.807) is 13.2 Å². The summed E-state index contributed by atoms with van der Waals surface area (Å²) in [6, 6.07) is -2.05. The monoisotopic (exact) mass is 308 g/mol. The zero-order valence-corrected chi connectivity index (χ0v) is 12.5. The lowest BCUT2D eigenvalue weighted by atomic mass is 10.2. The number of carbonyl (C=O) groups is 3. The fraction of sp³-hybridized carbons (Fsp3) is 0.727. The minimum Gasteiger partial charge on any atom is -0.480 e. The minimum absolute atomic E-state index is 0.0689. The van der Waals surface area contributed by atoms with Crippen molar-refractivity contribution in [1.82, 2.24) is 10.6 Å². The molecule has 0 rings (SSSR count). The van der Waals surface area contributed by atoms with Crippen LogP contribution in [0.25, 0.3) is 0 Å². The summed E-state index contributed by atoms with van der Waals surface area (Å²) in [7, 11) is 0.153. The number of urea groups is 1. The topological polar surface area (TPSA) is 122 Å². The van der Waals surface area contributed by atoms with Crippen molar-refractivity contribution in [2.45, 2.75) is 31.1 Å². The Bertz CT molecular complexity index is 387. The second kappa shape index (κ2) is 9.29. The predicted octanol–water partition coefficient (Wildman–Crippen LogP) is -0.541. The molecule has 0 aromatic carbocycles. The first-order valence-electron chi connectivity index (χ1n) is 5.94. The molecule has 2 amide bonds. The van der Waals surface area contributed by atoms with Crippen LogP contribution < -0.4 is 10.6 Å². The van der Waals surface area contributed by atoms with Crippen LogP contribution in [0, 0.1) is 0 Å². The molecule has 0 aromatic heterocycles. The molecule has 0 aromatic rings. The third-order valence-corrected chi connectivity index (χ3v) is 3.97. The first-order valence-corrected chi connectivity index (χ1v) is 7.56. The Kier molecular flexibility index (Phi) is 8.53. The third-order valence-electron chi connectivity index (χ3n) is 2.60. The Morgan fingerprint density at radius 1 is 1.35 bits per heavy atom. The van der Waals surface area contributed by atoms with Gasteiger partial charge in [0.05, 0.1) is 13.5 Å².